The van der Waals surface area contributed by atoms with Crippen molar-refractivity contribution >= 4 is 5.91 Å². The van der Waals surface area contributed by atoms with Crippen LogP contribution in [-0.2, 0) is 6.54 Å². The molecule has 5 nitrogen and oxygen atoms in total. The number of rotatable bonds is 3. The Labute approximate surface area is 98.5 Å². The fourth-order valence-electron chi connectivity index (χ4n) is 1.50. The zero-order valence-electron chi connectivity index (χ0n) is 9.40. The minimum absolute atomic E-state index is 0.0228. The topological polar surface area (TPSA) is 78.0 Å². The van der Waals surface area contributed by atoms with E-state index in [1.165, 1.54) is 0 Å². The molecular weight excluding hydrogens is 218 g/mol. The Morgan fingerprint density at radius 3 is 3.00 bits per heavy atom. The van der Waals surface area contributed by atoms with Gasteiger partial charge in [0.1, 0.15) is 5.75 Å². The Balaban J connectivity index is 2.07. The third-order valence-electron chi connectivity index (χ3n) is 2.48. The second-order valence-corrected chi connectivity index (χ2v) is 3.74. The number of carbonyl (C=O) groups excluding carboxylic acids is 1. The Kier molecular flexibility index (Phi) is 3.09. The standard InChI is InChI=1S/C12H13N3O2/c1-8-3-2-4-10(11(8)16)12(17)13-7-9-5-6-14-15-9/h2-6,16H,7H2,1H3,(H,13,17)(H,14,15). The zero-order chi connectivity index (χ0) is 12.3. The first-order chi connectivity index (χ1) is 8.18. The molecule has 1 amide bonds. The van der Waals surface area contributed by atoms with Crippen LogP contribution in [0, 0.1) is 6.92 Å². The molecule has 0 aliphatic heterocycles. The number of nitrogens with zero attached hydrogens (tertiary/aromatic N) is 1. The Hall–Kier alpha value is -2.30. The van der Waals surface area contributed by atoms with Gasteiger partial charge in [-0.05, 0) is 24.6 Å². The largest absolute Gasteiger partial charge is 0.507 e. The molecule has 3 N–H and O–H groups in total. The average molecular weight is 231 g/mol. The highest BCUT2D eigenvalue weighted by atomic mass is 16.3. The maximum Gasteiger partial charge on any atom is 0.255 e. The van der Waals surface area contributed by atoms with Crippen molar-refractivity contribution in [2.45, 2.75) is 13.5 Å². The van der Waals surface area contributed by atoms with Gasteiger partial charge in [0.15, 0.2) is 0 Å². The number of benzene rings is 1. The summed E-state index contributed by atoms with van der Waals surface area (Å²) < 4.78 is 0. The van der Waals surface area contributed by atoms with Crippen molar-refractivity contribution in [1.82, 2.24) is 15.5 Å². The summed E-state index contributed by atoms with van der Waals surface area (Å²) in [6.07, 6.45) is 1.62. The van der Waals surface area contributed by atoms with Gasteiger partial charge in [0.2, 0.25) is 0 Å². The molecule has 2 rings (SSSR count). The van der Waals surface area contributed by atoms with Gasteiger partial charge in [0.25, 0.3) is 5.91 Å². The van der Waals surface area contributed by atoms with Gasteiger partial charge in [-0.25, -0.2) is 0 Å². The monoisotopic (exact) mass is 231 g/mol. The normalized spacial score (nSPS) is 10.2. The van der Waals surface area contributed by atoms with Crippen molar-refractivity contribution in [2.24, 2.45) is 0 Å². The van der Waals surface area contributed by atoms with E-state index in [1.807, 2.05) is 0 Å². The van der Waals surface area contributed by atoms with Gasteiger partial charge in [0, 0.05) is 6.20 Å². The summed E-state index contributed by atoms with van der Waals surface area (Å²) in [5.74, 6) is -0.282. The van der Waals surface area contributed by atoms with Crippen LogP contribution in [-0.4, -0.2) is 21.2 Å². The lowest BCUT2D eigenvalue weighted by Crippen LogP contribution is -2.23. The van der Waals surface area contributed by atoms with E-state index >= 15 is 0 Å². The van der Waals surface area contributed by atoms with E-state index in [4.69, 9.17) is 0 Å². The van der Waals surface area contributed by atoms with Crippen molar-refractivity contribution in [2.75, 3.05) is 0 Å². The lowest BCUT2D eigenvalue weighted by Gasteiger charge is -2.07. The summed E-state index contributed by atoms with van der Waals surface area (Å²) in [5.41, 5.74) is 1.77. The first-order valence-electron chi connectivity index (χ1n) is 5.23. The molecule has 0 radical (unpaired) electrons. The highest BCUT2D eigenvalue weighted by Gasteiger charge is 2.11. The molecule has 0 atom stereocenters. The molecular formula is C12H13N3O2. The first-order valence-corrected chi connectivity index (χ1v) is 5.23. The molecule has 1 heterocycles. The lowest BCUT2D eigenvalue weighted by molar-refractivity contribution is 0.0947. The van der Waals surface area contributed by atoms with E-state index < -0.39 is 0 Å². The molecule has 1 aromatic heterocycles. The van der Waals surface area contributed by atoms with Gasteiger partial charge in [-0.15, -0.1) is 0 Å². The van der Waals surface area contributed by atoms with E-state index in [0.717, 1.165) is 5.69 Å². The fourth-order valence-corrected chi connectivity index (χ4v) is 1.50. The van der Waals surface area contributed by atoms with Crippen molar-refractivity contribution in [3.63, 3.8) is 0 Å². The van der Waals surface area contributed by atoms with E-state index in [9.17, 15) is 9.90 Å². The molecule has 0 aliphatic carbocycles. The quantitative estimate of drug-likeness (QED) is 0.746. The van der Waals surface area contributed by atoms with Gasteiger partial charge in [-0.1, -0.05) is 12.1 Å². The number of amides is 1. The molecule has 0 bridgehead atoms. The molecule has 1 aromatic carbocycles. The Morgan fingerprint density at radius 2 is 2.29 bits per heavy atom. The SMILES string of the molecule is Cc1cccc(C(=O)NCc2ccn[nH]2)c1O. The van der Waals surface area contributed by atoms with Gasteiger partial charge in [-0.2, -0.15) is 5.10 Å². The van der Waals surface area contributed by atoms with Gasteiger partial charge >= 0.3 is 0 Å². The van der Waals surface area contributed by atoms with Crippen molar-refractivity contribution in [1.29, 1.82) is 0 Å². The minimum Gasteiger partial charge on any atom is -0.507 e. The smallest absolute Gasteiger partial charge is 0.255 e. The summed E-state index contributed by atoms with van der Waals surface area (Å²) in [5, 5.41) is 19.0. The molecule has 0 saturated carbocycles. The van der Waals surface area contributed by atoms with Crippen LogP contribution in [0.25, 0.3) is 0 Å². The van der Waals surface area contributed by atoms with E-state index in [0.29, 0.717) is 12.1 Å². The molecule has 0 saturated heterocycles. The fraction of sp³-hybridized carbons (Fsp3) is 0.167. The maximum atomic E-state index is 11.8. The predicted molar refractivity (Wildman–Crippen MR) is 62.6 cm³/mol. The van der Waals surface area contributed by atoms with E-state index in [1.54, 1.807) is 37.4 Å². The molecule has 0 aliphatic rings. The van der Waals surface area contributed by atoms with Crippen molar-refractivity contribution in [3.05, 3.63) is 47.3 Å². The maximum absolute atomic E-state index is 11.8. The van der Waals surface area contributed by atoms with Crippen LogP contribution >= 0.6 is 0 Å². The van der Waals surface area contributed by atoms with Crippen LogP contribution in [0.15, 0.2) is 30.5 Å². The Morgan fingerprint density at radius 1 is 1.47 bits per heavy atom. The number of para-hydroxylation sites is 1. The molecule has 0 spiro atoms. The molecule has 0 unspecified atom stereocenters. The number of nitrogens with one attached hydrogen (secondary N) is 2. The van der Waals surface area contributed by atoms with Crippen molar-refractivity contribution in [3.8, 4) is 5.75 Å². The van der Waals surface area contributed by atoms with E-state index in [-0.39, 0.29) is 17.2 Å². The minimum atomic E-state index is -0.305. The summed E-state index contributed by atoms with van der Waals surface area (Å²) >= 11 is 0. The summed E-state index contributed by atoms with van der Waals surface area (Å²) in [7, 11) is 0. The van der Waals surface area contributed by atoms with Gasteiger partial charge in [-0.3, -0.25) is 9.89 Å². The van der Waals surface area contributed by atoms with Crippen LogP contribution < -0.4 is 5.32 Å². The van der Waals surface area contributed by atoms with Crippen LogP contribution in [0.4, 0.5) is 0 Å². The second-order valence-electron chi connectivity index (χ2n) is 3.74. The highest BCUT2D eigenvalue weighted by molar-refractivity contribution is 5.97. The first kappa shape index (κ1) is 11.2. The number of aromatic hydroxyl groups is 1. The molecule has 17 heavy (non-hydrogen) atoms. The summed E-state index contributed by atoms with van der Waals surface area (Å²) in [6.45, 7) is 2.10. The number of aromatic amines is 1. The van der Waals surface area contributed by atoms with Gasteiger partial charge < -0.3 is 10.4 Å². The van der Waals surface area contributed by atoms with Crippen LogP contribution in [0.5, 0.6) is 5.75 Å². The Bertz CT molecular complexity index is 521. The summed E-state index contributed by atoms with van der Waals surface area (Å²) in [6, 6.07) is 6.85. The zero-order valence-corrected chi connectivity index (χ0v) is 9.40. The number of H-pyrrole nitrogens is 1. The highest BCUT2D eigenvalue weighted by Crippen LogP contribution is 2.21. The van der Waals surface area contributed by atoms with Crippen LogP contribution in [0.3, 0.4) is 0 Å². The number of carbonyl (C=O) groups is 1. The number of aromatic nitrogens is 2. The molecule has 0 fully saturated rings. The number of hydrogen-bond donors (Lipinski definition) is 3. The van der Waals surface area contributed by atoms with E-state index in [2.05, 4.69) is 15.5 Å². The molecule has 88 valence electrons. The van der Waals surface area contributed by atoms with Gasteiger partial charge in [0.05, 0.1) is 17.8 Å². The van der Waals surface area contributed by atoms with Crippen LogP contribution in [0.1, 0.15) is 21.6 Å². The number of phenolic OH excluding ortho intramolecular Hbond substituents is 1. The molecule has 2 aromatic rings. The van der Waals surface area contributed by atoms with Crippen LogP contribution in [0.2, 0.25) is 0 Å². The number of hydrogen-bond acceptors (Lipinski definition) is 3. The predicted octanol–water partition coefficient (Wildman–Crippen LogP) is 1.35. The third kappa shape index (κ3) is 2.44. The second kappa shape index (κ2) is 4.69. The lowest BCUT2D eigenvalue weighted by atomic mass is 10.1. The third-order valence-corrected chi connectivity index (χ3v) is 2.48. The number of aryl methyl sites for hydroxylation is 1. The number of phenols is 1. The average Bonchev–Trinajstić information content (AvgIpc) is 2.82. The molecule has 5 heteroatoms. The summed E-state index contributed by atoms with van der Waals surface area (Å²) in [4.78, 5) is 11.8. The van der Waals surface area contributed by atoms with Crippen molar-refractivity contribution < 1.29 is 9.90 Å².